The Morgan fingerprint density at radius 1 is 1.29 bits per heavy atom. The van der Waals surface area contributed by atoms with E-state index in [1.54, 1.807) is 6.20 Å². The molecule has 1 fully saturated rings. The summed E-state index contributed by atoms with van der Waals surface area (Å²) in [7, 11) is 0. The Labute approximate surface area is 122 Å². The number of rotatable bonds is 5. The number of anilines is 1. The molecule has 1 amide bonds. The third-order valence-corrected chi connectivity index (χ3v) is 3.55. The predicted octanol–water partition coefficient (Wildman–Crippen LogP) is 0.772. The Kier molecular flexibility index (Phi) is 4.09. The quantitative estimate of drug-likeness (QED) is 0.848. The molecule has 1 aliphatic heterocycles. The number of aromatic nitrogens is 4. The SMILES string of the molecule is O=C(NCCc1ncn[nH]1)c1ccc(N2CCCC2)nc1. The molecule has 1 aliphatic rings. The largest absolute Gasteiger partial charge is 0.357 e. The molecule has 21 heavy (non-hydrogen) atoms. The van der Waals surface area contributed by atoms with E-state index in [1.807, 2.05) is 12.1 Å². The van der Waals surface area contributed by atoms with E-state index in [1.165, 1.54) is 19.2 Å². The van der Waals surface area contributed by atoms with E-state index >= 15 is 0 Å². The van der Waals surface area contributed by atoms with Crippen molar-refractivity contribution in [2.45, 2.75) is 19.3 Å². The molecule has 0 atom stereocenters. The molecule has 0 aliphatic carbocycles. The fourth-order valence-corrected chi connectivity index (χ4v) is 2.40. The summed E-state index contributed by atoms with van der Waals surface area (Å²) in [6.07, 6.45) is 6.15. The van der Waals surface area contributed by atoms with Crippen LogP contribution in [0.2, 0.25) is 0 Å². The molecule has 1 saturated heterocycles. The maximum absolute atomic E-state index is 12.0. The average molecular weight is 286 g/mol. The van der Waals surface area contributed by atoms with Gasteiger partial charge in [-0.2, -0.15) is 5.10 Å². The lowest BCUT2D eigenvalue weighted by Gasteiger charge is -2.16. The highest BCUT2D eigenvalue weighted by atomic mass is 16.1. The summed E-state index contributed by atoms with van der Waals surface area (Å²) in [5.74, 6) is 1.60. The first-order valence-electron chi connectivity index (χ1n) is 7.16. The number of amides is 1. The van der Waals surface area contributed by atoms with E-state index < -0.39 is 0 Å². The Bertz CT molecular complexity index is 574. The van der Waals surface area contributed by atoms with Crippen LogP contribution in [0.1, 0.15) is 29.0 Å². The van der Waals surface area contributed by atoms with Crippen LogP contribution in [0.25, 0.3) is 0 Å². The molecule has 0 unspecified atom stereocenters. The maximum Gasteiger partial charge on any atom is 0.252 e. The normalized spacial score (nSPS) is 14.4. The summed E-state index contributed by atoms with van der Waals surface area (Å²) in [5.41, 5.74) is 0.579. The fourth-order valence-electron chi connectivity index (χ4n) is 2.40. The van der Waals surface area contributed by atoms with Crippen LogP contribution in [0.4, 0.5) is 5.82 Å². The summed E-state index contributed by atoms with van der Waals surface area (Å²) in [6, 6.07) is 3.74. The van der Waals surface area contributed by atoms with Crippen molar-refractivity contribution < 1.29 is 4.79 Å². The van der Waals surface area contributed by atoms with Crippen molar-refractivity contribution >= 4 is 11.7 Å². The van der Waals surface area contributed by atoms with Crippen molar-refractivity contribution in [1.29, 1.82) is 0 Å². The lowest BCUT2D eigenvalue weighted by Crippen LogP contribution is -2.26. The van der Waals surface area contributed by atoms with Gasteiger partial charge in [-0.15, -0.1) is 0 Å². The third kappa shape index (κ3) is 3.36. The molecule has 0 spiro atoms. The molecular formula is C14H18N6O. The molecule has 0 radical (unpaired) electrons. The Morgan fingerprint density at radius 2 is 2.14 bits per heavy atom. The molecule has 7 nitrogen and oxygen atoms in total. The molecule has 110 valence electrons. The Hall–Kier alpha value is -2.44. The summed E-state index contributed by atoms with van der Waals surface area (Å²) in [5, 5.41) is 9.37. The standard InChI is InChI=1S/C14H18N6O/c21-14(15-6-5-12-17-10-18-19-12)11-3-4-13(16-9-11)20-7-1-2-8-20/h3-4,9-10H,1-2,5-8H2,(H,15,21)(H,17,18,19). The zero-order chi connectivity index (χ0) is 14.5. The van der Waals surface area contributed by atoms with Gasteiger partial charge in [0.05, 0.1) is 5.56 Å². The van der Waals surface area contributed by atoms with E-state index in [-0.39, 0.29) is 5.91 Å². The van der Waals surface area contributed by atoms with Crippen LogP contribution in [0.3, 0.4) is 0 Å². The van der Waals surface area contributed by atoms with Crippen LogP contribution in [-0.2, 0) is 6.42 Å². The average Bonchev–Trinajstić information content (AvgIpc) is 3.21. The van der Waals surface area contributed by atoms with E-state index in [0.29, 0.717) is 18.5 Å². The van der Waals surface area contributed by atoms with Crippen molar-refractivity contribution in [2.24, 2.45) is 0 Å². The van der Waals surface area contributed by atoms with Gasteiger partial charge in [0, 0.05) is 32.3 Å². The molecule has 7 heteroatoms. The highest BCUT2D eigenvalue weighted by molar-refractivity contribution is 5.94. The van der Waals surface area contributed by atoms with Gasteiger partial charge in [0.2, 0.25) is 0 Å². The van der Waals surface area contributed by atoms with Gasteiger partial charge >= 0.3 is 0 Å². The van der Waals surface area contributed by atoms with Crippen molar-refractivity contribution in [3.63, 3.8) is 0 Å². The number of nitrogens with zero attached hydrogens (tertiary/aromatic N) is 4. The van der Waals surface area contributed by atoms with Gasteiger partial charge in [0.25, 0.3) is 5.91 Å². The molecule has 2 aromatic rings. The minimum atomic E-state index is -0.116. The molecule has 2 N–H and O–H groups in total. The van der Waals surface area contributed by atoms with Crippen LogP contribution in [-0.4, -0.2) is 45.7 Å². The number of carbonyl (C=O) groups is 1. The zero-order valence-electron chi connectivity index (χ0n) is 11.7. The summed E-state index contributed by atoms with van der Waals surface area (Å²) < 4.78 is 0. The van der Waals surface area contributed by atoms with Gasteiger partial charge in [-0.3, -0.25) is 9.89 Å². The molecular weight excluding hydrogens is 268 g/mol. The van der Waals surface area contributed by atoms with Gasteiger partial charge in [0.15, 0.2) is 0 Å². The maximum atomic E-state index is 12.0. The van der Waals surface area contributed by atoms with Crippen LogP contribution < -0.4 is 10.2 Å². The highest BCUT2D eigenvalue weighted by Crippen LogP contribution is 2.17. The Balaban J connectivity index is 1.52. The van der Waals surface area contributed by atoms with Crippen molar-refractivity contribution in [1.82, 2.24) is 25.5 Å². The van der Waals surface area contributed by atoms with Crippen molar-refractivity contribution in [2.75, 3.05) is 24.5 Å². The van der Waals surface area contributed by atoms with Gasteiger partial charge in [-0.25, -0.2) is 9.97 Å². The number of hydrogen-bond donors (Lipinski definition) is 2. The molecule has 0 saturated carbocycles. The van der Waals surface area contributed by atoms with E-state index in [9.17, 15) is 4.79 Å². The van der Waals surface area contributed by atoms with Crippen LogP contribution in [0.5, 0.6) is 0 Å². The molecule has 3 rings (SSSR count). The van der Waals surface area contributed by atoms with Gasteiger partial charge in [0.1, 0.15) is 18.0 Å². The smallest absolute Gasteiger partial charge is 0.252 e. The second kappa shape index (κ2) is 6.34. The number of H-pyrrole nitrogens is 1. The van der Waals surface area contributed by atoms with E-state index in [0.717, 1.165) is 24.7 Å². The number of pyridine rings is 1. The number of aromatic amines is 1. The summed E-state index contributed by atoms with van der Waals surface area (Å²) in [6.45, 7) is 2.62. The third-order valence-electron chi connectivity index (χ3n) is 3.55. The molecule has 0 aromatic carbocycles. The number of hydrogen-bond acceptors (Lipinski definition) is 5. The zero-order valence-corrected chi connectivity index (χ0v) is 11.7. The van der Waals surface area contributed by atoms with Crippen LogP contribution in [0.15, 0.2) is 24.7 Å². The Morgan fingerprint density at radius 3 is 2.81 bits per heavy atom. The first-order chi connectivity index (χ1) is 10.3. The van der Waals surface area contributed by atoms with E-state index in [2.05, 4.69) is 30.4 Å². The van der Waals surface area contributed by atoms with Gasteiger partial charge < -0.3 is 10.2 Å². The fraction of sp³-hybridized carbons (Fsp3) is 0.429. The molecule has 2 aromatic heterocycles. The number of nitrogens with one attached hydrogen (secondary N) is 2. The van der Waals surface area contributed by atoms with Crippen LogP contribution >= 0.6 is 0 Å². The summed E-state index contributed by atoms with van der Waals surface area (Å²) in [4.78, 5) is 22.6. The minimum Gasteiger partial charge on any atom is -0.357 e. The monoisotopic (exact) mass is 286 g/mol. The molecule has 0 bridgehead atoms. The highest BCUT2D eigenvalue weighted by Gasteiger charge is 2.14. The molecule has 3 heterocycles. The van der Waals surface area contributed by atoms with Gasteiger partial charge in [-0.05, 0) is 25.0 Å². The van der Waals surface area contributed by atoms with Crippen molar-refractivity contribution in [3.05, 3.63) is 36.0 Å². The van der Waals surface area contributed by atoms with Gasteiger partial charge in [-0.1, -0.05) is 0 Å². The lowest BCUT2D eigenvalue weighted by molar-refractivity contribution is 0.0953. The second-order valence-electron chi connectivity index (χ2n) is 5.04. The first-order valence-corrected chi connectivity index (χ1v) is 7.16. The van der Waals surface area contributed by atoms with Crippen LogP contribution in [0, 0.1) is 0 Å². The topological polar surface area (TPSA) is 86.8 Å². The number of carbonyl (C=O) groups excluding carboxylic acids is 1. The van der Waals surface area contributed by atoms with Crippen molar-refractivity contribution in [3.8, 4) is 0 Å². The second-order valence-corrected chi connectivity index (χ2v) is 5.04. The summed E-state index contributed by atoms with van der Waals surface area (Å²) >= 11 is 0. The minimum absolute atomic E-state index is 0.116. The van der Waals surface area contributed by atoms with E-state index in [4.69, 9.17) is 0 Å². The lowest BCUT2D eigenvalue weighted by atomic mass is 10.2. The first kappa shape index (κ1) is 13.5. The predicted molar refractivity (Wildman–Crippen MR) is 78.1 cm³/mol.